The first-order valence-corrected chi connectivity index (χ1v) is 11.4. The van der Waals surface area contributed by atoms with Gasteiger partial charge in [0, 0.05) is 26.2 Å². The molecule has 7 nitrogen and oxygen atoms in total. The van der Waals surface area contributed by atoms with Gasteiger partial charge in [-0.15, -0.1) is 11.3 Å². The topological polar surface area (TPSA) is 71.4 Å². The number of nitrogens with one attached hydrogen (secondary N) is 1. The molecule has 0 spiro atoms. The van der Waals surface area contributed by atoms with Gasteiger partial charge in [0.1, 0.15) is 29.5 Å². The fourth-order valence-corrected chi connectivity index (χ4v) is 6.66. The highest BCUT2D eigenvalue weighted by molar-refractivity contribution is 7.91. The minimum atomic E-state index is -3.52. The zero-order valence-corrected chi connectivity index (χ0v) is 17.4. The van der Waals surface area contributed by atoms with Gasteiger partial charge in [-0.1, -0.05) is 11.6 Å². The van der Waals surface area contributed by atoms with Gasteiger partial charge in [0.2, 0.25) is 0 Å². The monoisotopic (exact) mass is 422 g/mol. The molecule has 0 bridgehead atoms. The summed E-state index contributed by atoms with van der Waals surface area (Å²) >= 11 is 6.91. The first-order valence-electron chi connectivity index (χ1n) is 8.78. The molecule has 10 heteroatoms. The first-order chi connectivity index (χ1) is 12.3. The lowest BCUT2D eigenvalue weighted by atomic mass is 10.2. The number of carbonyl (C=O) groups is 1. The van der Waals surface area contributed by atoms with Crippen LogP contribution in [0.4, 0.5) is 0 Å². The molecular formula is C16H25ClN3O4S2+. The third-order valence-electron chi connectivity index (χ3n) is 4.75. The molecule has 2 saturated heterocycles. The zero-order chi connectivity index (χ0) is 18.9. The molecule has 2 fully saturated rings. The first kappa shape index (κ1) is 20.0. The van der Waals surface area contributed by atoms with Gasteiger partial charge >= 0.3 is 0 Å². The van der Waals surface area contributed by atoms with E-state index in [4.69, 9.17) is 16.3 Å². The number of hydrogen-bond donors (Lipinski definition) is 1. The van der Waals surface area contributed by atoms with Crippen molar-refractivity contribution >= 4 is 38.9 Å². The molecule has 1 amide bonds. The summed E-state index contributed by atoms with van der Waals surface area (Å²) in [5.41, 5.74) is 0. The molecule has 3 atom stereocenters. The van der Waals surface area contributed by atoms with Crippen molar-refractivity contribution < 1.29 is 22.8 Å². The maximum Gasteiger partial charge on any atom is 0.277 e. The molecule has 26 heavy (non-hydrogen) atoms. The lowest BCUT2D eigenvalue weighted by Crippen LogP contribution is -3.16. The van der Waals surface area contributed by atoms with E-state index in [1.54, 1.807) is 11.0 Å². The molecule has 0 saturated carbocycles. The van der Waals surface area contributed by atoms with Gasteiger partial charge in [0.05, 0.1) is 4.34 Å². The van der Waals surface area contributed by atoms with Crippen molar-refractivity contribution in [2.45, 2.75) is 30.3 Å². The van der Waals surface area contributed by atoms with E-state index in [0.717, 1.165) is 24.4 Å². The zero-order valence-electron chi connectivity index (χ0n) is 15.0. The number of thiophene rings is 1. The van der Waals surface area contributed by atoms with E-state index in [2.05, 4.69) is 0 Å². The van der Waals surface area contributed by atoms with Crippen LogP contribution in [0.25, 0.3) is 0 Å². The van der Waals surface area contributed by atoms with Crippen LogP contribution in [0.5, 0.6) is 0 Å². The van der Waals surface area contributed by atoms with Crippen LogP contribution in [0, 0.1) is 0 Å². The largest absolute Gasteiger partial charge is 0.364 e. The minimum Gasteiger partial charge on any atom is -0.364 e. The SMILES string of the molecule is C[C@@H]1C[NH+](CC(=O)N2CCN(S(=O)(=O)c3ccc(Cl)s3)CC2)C[C@H](C)O1. The molecule has 0 radical (unpaired) electrons. The third-order valence-corrected chi connectivity index (χ3v) is 8.35. The second-order valence-corrected chi connectivity index (χ2v) is 10.8. The Morgan fingerprint density at radius 2 is 1.85 bits per heavy atom. The van der Waals surface area contributed by atoms with E-state index >= 15 is 0 Å². The number of carbonyl (C=O) groups excluding carboxylic acids is 1. The Hall–Kier alpha value is -0.710. The molecule has 3 rings (SSSR count). The Morgan fingerprint density at radius 3 is 2.38 bits per heavy atom. The summed E-state index contributed by atoms with van der Waals surface area (Å²) in [5.74, 6) is 0.0810. The second-order valence-electron chi connectivity index (χ2n) is 6.94. The summed E-state index contributed by atoms with van der Waals surface area (Å²) in [6.07, 6.45) is 0.308. The van der Waals surface area contributed by atoms with Gasteiger partial charge in [-0.2, -0.15) is 4.31 Å². The molecule has 1 unspecified atom stereocenters. The molecule has 1 aromatic heterocycles. The summed E-state index contributed by atoms with van der Waals surface area (Å²) in [5, 5.41) is 0. The van der Waals surface area contributed by atoms with Crippen molar-refractivity contribution in [3.63, 3.8) is 0 Å². The van der Waals surface area contributed by atoms with E-state index in [1.165, 1.54) is 15.3 Å². The van der Waals surface area contributed by atoms with Crippen LogP contribution < -0.4 is 4.90 Å². The van der Waals surface area contributed by atoms with E-state index in [1.807, 2.05) is 13.8 Å². The van der Waals surface area contributed by atoms with E-state index in [9.17, 15) is 13.2 Å². The predicted octanol–water partition coefficient (Wildman–Crippen LogP) is -0.0735. The van der Waals surface area contributed by atoms with Crippen molar-refractivity contribution in [2.75, 3.05) is 45.8 Å². The number of nitrogens with zero attached hydrogens (tertiary/aromatic N) is 2. The quantitative estimate of drug-likeness (QED) is 0.737. The smallest absolute Gasteiger partial charge is 0.277 e. The highest BCUT2D eigenvalue weighted by Gasteiger charge is 2.33. The molecule has 2 aliphatic heterocycles. The molecule has 0 aliphatic carbocycles. The summed E-state index contributed by atoms with van der Waals surface area (Å²) < 4.78 is 33.1. The highest BCUT2D eigenvalue weighted by atomic mass is 35.5. The number of halogens is 1. The predicted molar refractivity (Wildman–Crippen MR) is 100 cm³/mol. The third kappa shape index (κ3) is 4.58. The van der Waals surface area contributed by atoms with Crippen molar-refractivity contribution in [1.82, 2.24) is 9.21 Å². The van der Waals surface area contributed by atoms with E-state index in [-0.39, 0.29) is 22.3 Å². The van der Waals surface area contributed by atoms with Gasteiger partial charge in [0.25, 0.3) is 15.9 Å². The number of quaternary nitrogens is 1. The average Bonchev–Trinajstić information content (AvgIpc) is 3.01. The fourth-order valence-electron chi connectivity index (χ4n) is 3.60. The van der Waals surface area contributed by atoms with Gasteiger partial charge in [-0.25, -0.2) is 8.42 Å². The molecule has 146 valence electrons. The lowest BCUT2D eigenvalue weighted by molar-refractivity contribution is -0.907. The maximum atomic E-state index is 12.6. The Kier molecular flexibility index (Phi) is 6.25. The van der Waals surface area contributed by atoms with E-state index < -0.39 is 10.0 Å². The average molecular weight is 423 g/mol. The standard InChI is InChI=1S/C16H24ClN3O4S2/c1-12-9-18(10-13(2)24-12)11-15(21)19-5-7-20(8-6-19)26(22,23)16-4-3-14(17)25-16/h3-4,12-13H,5-11H2,1-2H3/p+1/t12-,13+. The number of morpholine rings is 1. The Balaban J connectivity index is 1.54. The van der Waals surface area contributed by atoms with Crippen molar-refractivity contribution in [1.29, 1.82) is 0 Å². The minimum absolute atomic E-state index is 0.0810. The van der Waals surface area contributed by atoms with Gasteiger partial charge in [-0.05, 0) is 26.0 Å². The highest BCUT2D eigenvalue weighted by Crippen LogP contribution is 2.28. The number of rotatable bonds is 4. The number of hydrogen-bond acceptors (Lipinski definition) is 5. The van der Waals surface area contributed by atoms with Crippen molar-refractivity contribution in [2.24, 2.45) is 0 Å². The van der Waals surface area contributed by atoms with Crippen LogP contribution in [0.2, 0.25) is 4.34 Å². The normalized spacial score (nSPS) is 28.3. The van der Waals surface area contributed by atoms with Crippen molar-refractivity contribution in [3.8, 4) is 0 Å². The molecule has 1 aromatic rings. The summed E-state index contributed by atoms with van der Waals surface area (Å²) in [7, 11) is -3.52. The van der Waals surface area contributed by atoms with Crippen LogP contribution >= 0.6 is 22.9 Å². The molecule has 2 aliphatic rings. The Bertz CT molecular complexity index is 736. The second kappa shape index (κ2) is 8.12. The number of amides is 1. The molecule has 1 N–H and O–H groups in total. The maximum absolute atomic E-state index is 12.6. The number of ether oxygens (including phenoxy) is 1. The van der Waals surface area contributed by atoms with Gasteiger partial charge in [0.15, 0.2) is 6.54 Å². The molecule has 0 aromatic carbocycles. The number of piperazine rings is 1. The van der Waals surface area contributed by atoms with Crippen LogP contribution in [0.3, 0.4) is 0 Å². The van der Waals surface area contributed by atoms with Gasteiger partial charge < -0.3 is 14.5 Å². The van der Waals surface area contributed by atoms with Gasteiger partial charge in [-0.3, -0.25) is 4.79 Å². The lowest BCUT2D eigenvalue weighted by Gasteiger charge is -2.36. The Morgan fingerprint density at radius 1 is 1.23 bits per heavy atom. The van der Waals surface area contributed by atoms with Crippen LogP contribution in [0.15, 0.2) is 16.3 Å². The van der Waals surface area contributed by atoms with Crippen LogP contribution in [-0.2, 0) is 19.6 Å². The van der Waals surface area contributed by atoms with Crippen molar-refractivity contribution in [3.05, 3.63) is 16.5 Å². The summed E-state index contributed by atoms with van der Waals surface area (Å²) in [4.78, 5) is 15.6. The molecule has 3 heterocycles. The fraction of sp³-hybridized carbons (Fsp3) is 0.688. The Labute approximate surface area is 163 Å². The molecular weight excluding hydrogens is 398 g/mol. The number of sulfonamides is 1. The summed E-state index contributed by atoms with van der Waals surface area (Å²) in [6, 6.07) is 3.12. The van der Waals surface area contributed by atoms with E-state index in [0.29, 0.717) is 37.1 Å². The van der Waals surface area contributed by atoms with Crippen LogP contribution in [-0.4, -0.2) is 81.6 Å². The van der Waals surface area contributed by atoms with Crippen LogP contribution in [0.1, 0.15) is 13.8 Å². The summed E-state index contributed by atoms with van der Waals surface area (Å²) in [6.45, 7) is 7.61.